The van der Waals surface area contributed by atoms with Crippen LogP contribution in [0.4, 0.5) is 5.69 Å². The lowest BCUT2D eigenvalue weighted by Crippen LogP contribution is -2.38. The second-order valence-corrected chi connectivity index (χ2v) is 8.50. The fourth-order valence-corrected chi connectivity index (χ4v) is 3.64. The monoisotopic (exact) mass is 394 g/mol. The van der Waals surface area contributed by atoms with Crippen molar-refractivity contribution in [3.05, 3.63) is 28.2 Å². The highest BCUT2D eigenvalue weighted by Gasteiger charge is 2.25. The van der Waals surface area contributed by atoms with E-state index in [4.69, 9.17) is 27.9 Å². The number of ether oxygens (including phenoxy) is 1. The van der Waals surface area contributed by atoms with Crippen molar-refractivity contribution in [2.45, 2.75) is 25.4 Å². The molecule has 9 heteroatoms. The van der Waals surface area contributed by atoms with Gasteiger partial charge in [0.25, 0.3) is 0 Å². The smallest absolute Gasteiger partial charge is 0.225 e. The Morgan fingerprint density at radius 2 is 2.17 bits per heavy atom. The van der Waals surface area contributed by atoms with Crippen molar-refractivity contribution in [1.29, 1.82) is 0 Å². The molecule has 1 saturated heterocycles. The van der Waals surface area contributed by atoms with Crippen LogP contribution in [0.1, 0.15) is 19.3 Å². The van der Waals surface area contributed by atoms with E-state index in [0.717, 1.165) is 19.1 Å². The SMILES string of the molecule is CS(=O)(=O)N(CCC(=O)Nc1cc(Cl)ccc1Cl)CC1CCCO1. The number of hydrogen-bond acceptors (Lipinski definition) is 4. The molecule has 1 unspecified atom stereocenters. The van der Waals surface area contributed by atoms with E-state index in [1.807, 2.05) is 0 Å². The summed E-state index contributed by atoms with van der Waals surface area (Å²) in [5, 5.41) is 3.46. The molecular formula is C15H20Cl2N2O4S. The summed E-state index contributed by atoms with van der Waals surface area (Å²) >= 11 is 11.9. The van der Waals surface area contributed by atoms with E-state index in [-0.39, 0.29) is 31.5 Å². The predicted octanol–water partition coefficient (Wildman–Crippen LogP) is 2.76. The highest BCUT2D eigenvalue weighted by molar-refractivity contribution is 7.88. The number of rotatable bonds is 7. The van der Waals surface area contributed by atoms with E-state index in [9.17, 15) is 13.2 Å². The van der Waals surface area contributed by atoms with Gasteiger partial charge in [-0.15, -0.1) is 0 Å². The van der Waals surface area contributed by atoms with E-state index in [0.29, 0.717) is 22.3 Å². The molecule has 2 rings (SSSR count). The molecule has 24 heavy (non-hydrogen) atoms. The van der Waals surface area contributed by atoms with Crippen LogP contribution in [0.15, 0.2) is 18.2 Å². The molecular weight excluding hydrogens is 375 g/mol. The zero-order valence-corrected chi connectivity index (χ0v) is 15.6. The number of benzene rings is 1. The van der Waals surface area contributed by atoms with Crippen LogP contribution in [0.2, 0.25) is 10.0 Å². The molecule has 1 aromatic carbocycles. The summed E-state index contributed by atoms with van der Waals surface area (Å²) in [5.74, 6) is -0.333. The summed E-state index contributed by atoms with van der Waals surface area (Å²) < 4.78 is 30.5. The van der Waals surface area contributed by atoms with Crippen molar-refractivity contribution < 1.29 is 17.9 Å². The third kappa shape index (κ3) is 5.89. The van der Waals surface area contributed by atoms with Gasteiger partial charge in [0.2, 0.25) is 15.9 Å². The van der Waals surface area contributed by atoms with E-state index in [1.54, 1.807) is 18.2 Å². The minimum atomic E-state index is -3.41. The van der Waals surface area contributed by atoms with Gasteiger partial charge in [-0.3, -0.25) is 4.79 Å². The fraction of sp³-hybridized carbons (Fsp3) is 0.533. The van der Waals surface area contributed by atoms with Crippen molar-refractivity contribution in [2.24, 2.45) is 0 Å². The van der Waals surface area contributed by atoms with Crippen molar-refractivity contribution >= 4 is 44.8 Å². The molecule has 0 aliphatic carbocycles. The Labute approximate surface area is 152 Å². The van der Waals surface area contributed by atoms with Crippen LogP contribution in [0.5, 0.6) is 0 Å². The van der Waals surface area contributed by atoms with Crippen molar-refractivity contribution in [2.75, 3.05) is 31.3 Å². The van der Waals surface area contributed by atoms with Crippen molar-refractivity contribution in [1.82, 2.24) is 4.31 Å². The topological polar surface area (TPSA) is 75.7 Å². The van der Waals surface area contributed by atoms with Crippen LogP contribution < -0.4 is 5.32 Å². The third-order valence-electron chi connectivity index (χ3n) is 3.69. The minimum absolute atomic E-state index is 0.0165. The van der Waals surface area contributed by atoms with E-state index in [1.165, 1.54) is 4.31 Å². The van der Waals surface area contributed by atoms with Crippen molar-refractivity contribution in [3.8, 4) is 0 Å². The number of nitrogens with one attached hydrogen (secondary N) is 1. The quantitative estimate of drug-likeness (QED) is 0.771. The molecule has 0 aromatic heterocycles. The first-order valence-electron chi connectivity index (χ1n) is 7.57. The standard InChI is InChI=1S/C15H20Cl2N2O4S/c1-24(21,22)19(10-12-3-2-8-23-12)7-6-15(20)18-14-9-11(16)4-5-13(14)17/h4-5,9,12H,2-3,6-8,10H2,1H3,(H,18,20). The van der Waals surface area contributed by atoms with Gasteiger partial charge in [-0.05, 0) is 31.0 Å². The molecule has 1 N–H and O–H groups in total. The maximum atomic E-state index is 12.1. The minimum Gasteiger partial charge on any atom is -0.377 e. The van der Waals surface area contributed by atoms with Crippen LogP contribution >= 0.6 is 23.2 Å². The van der Waals surface area contributed by atoms with Crippen LogP contribution in [-0.4, -0.2) is 50.7 Å². The molecule has 1 atom stereocenters. The first-order chi connectivity index (χ1) is 11.3. The first-order valence-corrected chi connectivity index (χ1v) is 10.2. The zero-order chi connectivity index (χ0) is 17.7. The summed E-state index contributed by atoms with van der Waals surface area (Å²) in [6.45, 7) is 1.00. The van der Waals surface area contributed by atoms with Gasteiger partial charge in [0.1, 0.15) is 0 Å². The summed E-state index contributed by atoms with van der Waals surface area (Å²) in [6.07, 6.45) is 2.80. The normalized spacial score (nSPS) is 18.1. The van der Waals surface area contributed by atoms with Crippen LogP contribution in [0, 0.1) is 0 Å². The van der Waals surface area contributed by atoms with Gasteiger partial charge in [-0.2, -0.15) is 4.31 Å². The highest BCUT2D eigenvalue weighted by Crippen LogP contribution is 2.25. The lowest BCUT2D eigenvalue weighted by atomic mass is 10.2. The maximum Gasteiger partial charge on any atom is 0.225 e. The number of halogens is 2. The summed E-state index contributed by atoms with van der Waals surface area (Å²) in [4.78, 5) is 12.1. The number of hydrogen-bond donors (Lipinski definition) is 1. The van der Waals surface area contributed by atoms with Gasteiger partial charge in [0.05, 0.1) is 23.1 Å². The second kappa shape index (κ2) is 8.49. The maximum absolute atomic E-state index is 12.1. The molecule has 134 valence electrons. The second-order valence-electron chi connectivity index (χ2n) is 5.68. The number of anilines is 1. The van der Waals surface area contributed by atoms with Gasteiger partial charge in [-0.1, -0.05) is 23.2 Å². The van der Waals surface area contributed by atoms with E-state index >= 15 is 0 Å². The van der Waals surface area contributed by atoms with Gasteiger partial charge in [0, 0.05) is 31.1 Å². The van der Waals surface area contributed by atoms with Crippen molar-refractivity contribution in [3.63, 3.8) is 0 Å². The van der Waals surface area contributed by atoms with Gasteiger partial charge >= 0.3 is 0 Å². The molecule has 1 aliphatic rings. The average Bonchev–Trinajstić information content (AvgIpc) is 2.99. The van der Waals surface area contributed by atoms with Gasteiger partial charge in [0.15, 0.2) is 0 Å². The molecule has 0 radical (unpaired) electrons. The van der Waals surface area contributed by atoms with Crippen LogP contribution in [0.3, 0.4) is 0 Å². The molecule has 1 heterocycles. The largest absolute Gasteiger partial charge is 0.377 e. The Morgan fingerprint density at radius 3 is 2.79 bits per heavy atom. The molecule has 1 aliphatic heterocycles. The van der Waals surface area contributed by atoms with Crippen LogP contribution in [0.25, 0.3) is 0 Å². The van der Waals surface area contributed by atoms with Gasteiger partial charge in [-0.25, -0.2) is 8.42 Å². The molecule has 1 amide bonds. The molecule has 0 bridgehead atoms. The predicted molar refractivity (Wildman–Crippen MR) is 95.1 cm³/mol. The molecule has 1 aromatic rings. The van der Waals surface area contributed by atoms with Gasteiger partial charge < -0.3 is 10.1 Å². The number of sulfonamides is 1. The molecule has 1 fully saturated rings. The summed E-state index contributed by atoms with van der Waals surface area (Å²) in [7, 11) is -3.41. The van der Waals surface area contributed by atoms with E-state index in [2.05, 4.69) is 5.32 Å². The third-order valence-corrected chi connectivity index (χ3v) is 5.53. The molecule has 0 spiro atoms. The Balaban J connectivity index is 1.92. The Hall–Kier alpha value is -0.860. The molecule has 0 saturated carbocycles. The first kappa shape index (κ1) is 19.5. The number of amides is 1. The lowest BCUT2D eigenvalue weighted by Gasteiger charge is -2.22. The Kier molecular flexibility index (Phi) is 6.88. The lowest BCUT2D eigenvalue weighted by molar-refractivity contribution is -0.116. The fourth-order valence-electron chi connectivity index (χ4n) is 2.44. The van der Waals surface area contributed by atoms with E-state index < -0.39 is 10.0 Å². The Morgan fingerprint density at radius 1 is 1.42 bits per heavy atom. The van der Waals surface area contributed by atoms with Crippen LogP contribution in [-0.2, 0) is 19.6 Å². The molecule has 6 nitrogen and oxygen atoms in total. The zero-order valence-electron chi connectivity index (χ0n) is 13.3. The summed E-state index contributed by atoms with van der Waals surface area (Å²) in [6, 6.07) is 4.74. The number of carbonyl (C=O) groups is 1. The number of carbonyl (C=O) groups excluding carboxylic acids is 1. The Bertz CT molecular complexity index is 691. The number of nitrogens with zero attached hydrogens (tertiary/aromatic N) is 1. The summed E-state index contributed by atoms with van der Waals surface area (Å²) in [5.41, 5.74) is 0.402. The highest BCUT2D eigenvalue weighted by atomic mass is 35.5. The average molecular weight is 395 g/mol.